The first-order valence-electron chi connectivity index (χ1n) is 4.99. The van der Waals surface area contributed by atoms with Gasteiger partial charge in [0.1, 0.15) is 5.69 Å². The average molecular weight is 317 g/mol. The van der Waals surface area contributed by atoms with Crippen LogP contribution < -0.4 is 0 Å². The van der Waals surface area contributed by atoms with E-state index in [0.29, 0.717) is 0 Å². The molecule has 0 saturated carbocycles. The zero-order valence-electron chi connectivity index (χ0n) is 9.59. The van der Waals surface area contributed by atoms with Gasteiger partial charge >= 0.3 is 0 Å². The second-order valence-corrected chi connectivity index (χ2v) is 6.71. The van der Waals surface area contributed by atoms with Crippen molar-refractivity contribution in [3.63, 3.8) is 0 Å². The van der Waals surface area contributed by atoms with Crippen LogP contribution in [0, 0.1) is 4.91 Å². The third kappa shape index (κ3) is 2.67. The summed E-state index contributed by atoms with van der Waals surface area (Å²) in [6.45, 7) is 0. The van der Waals surface area contributed by atoms with Gasteiger partial charge in [0.15, 0.2) is 0 Å². The molecule has 20 heavy (non-hydrogen) atoms. The summed E-state index contributed by atoms with van der Waals surface area (Å²) in [4.78, 5) is 9.61. The van der Waals surface area contributed by atoms with Crippen molar-refractivity contribution < 1.29 is 25.9 Å². The number of hydrogen-bond acceptors (Lipinski definition) is 6. The summed E-state index contributed by atoms with van der Waals surface area (Å²) in [6.07, 6.45) is 0. The molecule has 0 aliphatic rings. The predicted octanol–water partition coefficient (Wildman–Crippen LogP) is 1.73. The van der Waals surface area contributed by atoms with E-state index < -0.39 is 30.0 Å². The monoisotopic (exact) mass is 317 g/mol. The minimum Gasteiger partial charge on any atom is -0.282 e. The van der Waals surface area contributed by atoms with E-state index in [4.69, 9.17) is 9.11 Å². The summed E-state index contributed by atoms with van der Waals surface area (Å²) >= 11 is 0. The molecule has 0 saturated heterocycles. The highest BCUT2D eigenvalue weighted by Gasteiger charge is 2.16. The second kappa shape index (κ2) is 4.59. The van der Waals surface area contributed by atoms with Gasteiger partial charge in [-0.05, 0) is 34.8 Å². The third-order valence-corrected chi connectivity index (χ3v) is 4.25. The van der Waals surface area contributed by atoms with Gasteiger partial charge in [0.25, 0.3) is 20.2 Å². The van der Waals surface area contributed by atoms with Crippen LogP contribution in [0.4, 0.5) is 5.69 Å². The van der Waals surface area contributed by atoms with Gasteiger partial charge in [-0.15, -0.1) is 4.91 Å². The fourth-order valence-corrected chi connectivity index (χ4v) is 2.74. The van der Waals surface area contributed by atoms with E-state index in [2.05, 4.69) is 5.18 Å². The van der Waals surface area contributed by atoms with E-state index >= 15 is 0 Å². The standard InChI is InChI=1S/C10H7NO7S2/c12-11-10-5-8(20(16,17)18)4-6-3-7(19(13,14)15)1-2-9(6)10/h1-5H,(H,13,14,15)(H,16,17,18). The number of nitroso groups, excluding NO2 is 1. The number of fused-ring (bicyclic) bond motifs is 1. The molecule has 8 nitrogen and oxygen atoms in total. The summed E-state index contributed by atoms with van der Waals surface area (Å²) in [5.74, 6) is 0. The second-order valence-electron chi connectivity index (χ2n) is 3.87. The van der Waals surface area contributed by atoms with Crippen molar-refractivity contribution in [1.29, 1.82) is 0 Å². The molecule has 0 amide bonds. The first-order valence-corrected chi connectivity index (χ1v) is 7.87. The molecule has 2 N–H and O–H groups in total. The molecule has 2 rings (SSSR count). The first-order chi connectivity index (χ1) is 9.13. The lowest BCUT2D eigenvalue weighted by Crippen LogP contribution is -1.99. The van der Waals surface area contributed by atoms with Crippen LogP contribution in [0.5, 0.6) is 0 Å². The fraction of sp³-hybridized carbons (Fsp3) is 0. The minimum absolute atomic E-state index is 0.0184. The molecular formula is C10H7NO7S2. The van der Waals surface area contributed by atoms with Gasteiger partial charge in [-0.25, -0.2) is 0 Å². The van der Waals surface area contributed by atoms with Crippen LogP contribution in [-0.4, -0.2) is 25.9 Å². The van der Waals surface area contributed by atoms with Gasteiger partial charge in [-0.1, -0.05) is 6.07 Å². The highest BCUT2D eigenvalue weighted by molar-refractivity contribution is 7.86. The lowest BCUT2D eigenvalue weighted by atomic mass is 10.1. The summed E-state index contributed by atoms with van der Waals surface area (Å²) in [5, 5.41) is 2.83. The van der Waals surface area contributed by atoms with Crippen molar-refractivity contribution in [2.75, 3.05) is 0 Å². The van der Waals surface area contributed by atoms with Crippen molar-refractivity contribution >= 4 is 36.7 Å². The Kier molecular flexibility index (Phi) is 3.34. The van der Waals surface area contributed by atoms with E-state index in [1.807, 2.05) is 0 Å². The molecule has 0 aliphatic heterocycles. The normalized spacial score (nSPS) is 12.5. The van der Waals surface area contributed by atoms with Gasteiger partial charge in [0, 0.05) is 5.39 Å². The molecule has 0 spiro atoms. The molecule has 2 aromatic carbocycles. The topological polar surface area (TPSA) is 138 Å². The Morgan fingerprint density at radius 2 is 1.40 bits per heavy atom. The molecule has 2 aromatic rings. The molecule has 0 bridgehead atoms. The van der Waals surface area contributed by atoms with E-state index in [9.17, 15) is 21.7 Å². The van der Waals surface area contributed by atoms with Gasteiger partial charge < -0.3 is 0 Å². The lowest BCUT2D eigenvalue weighted by molar-refractivity contribution is 0.481. The molecule has 0 radical (unpaired) electrons. The molecule has 0 heterocycles. The Labute approximate surface area is 113 Å². The predicted molar refractivity (Wildman–Crippen MR) is 69.0 cm³/mol. The van der Waals surface area contributed by atoms with Gasteiger partial charge in [0.2, 0.25) is 0 Å². The molecule has 0 aromatic heterocycles. The van der Waals surface area contributed by atoms with Gasteiger partial charge in [0.05, 0.1) is 9.79 Å². The Morgan fingerprint density at radius 3 is 1.90 bits per heavy atom. The fourth-order valence-electron chi connectivity index (χ4n) is 1.69. The summed E-state index contributed by atoms with van der Waals surface area (Å²) < 4.78 is 62.1. The van der Waals surface area contributed by atoms with Crippen LogP contribution in [0.2, 0.25) is 0 Å². The molecular weight excluding hydrogens is 310 g/mol. The van der Waals surface area contributed by atoms with Crippen LogP contribution in [0.15, 0.2) is 45.3 Å². The smallest absolute Gasteiger partial charge is 0.282 e. The van der Waals surface area contributed by atoms with Crippen molar-refractivity contribution in [3.05, 3.63) is 35.2 Å². The van der Waals surface area contributed by atoms with E-state index in [1.165, 1.54) is 6.07 Å². The molecule has 106 valence electrons. The minimum atomic E-state index is -4.59. The van der Waals surface area contributed by atoms with E-state index in [1.54, 1.807) is 0 Å². The Bertz CT molecular complexity index is 911. The number of hydrogen-bond donors (Lipinski definition) is 2. The Morgan fingerprint density at radius 1 is 0.850 bits per heavy atom. The zero-order valence-corrected chi connectivity index (χ0v) is 11.2. The Hall–Kier alpha value is -1.88. The van der Waals surface area contributed by atoms with Crippen LogP contribution in [0.3, 0.4) is 0 Å². The van der Waals surface area contributed by atoms with E-state index in [-0.39, 0.29) is 16.5 Å². The highest BCUT2D eigenvalue weighted by Crippen LogP contribution is 2.31. The number of nitrogens with zero attached hydrogens (tertiary/aromatic N) is 1. The maximum Gasteiger partial charge on any atom is 0.294 e. The van der Waals surface area contributed by atoms with Gasteiger partial charge in [-0.2, -0.15) is 16.8 Å². The molecule has 0 unspecified atom stereocenters. The lowest BCUT2D eigenvalue weighted by Gasteiger charge is -2.05. The molecule has 0 atom stereocenters. The van der Waals surface area contributed by atoms with Crippen molar-refractivity contribution in [3.8, 4) is 0 Å². The zero-order chi connectivity index (χ0) is 15.1. The SMILES string of the molecule is O=Nc1cc(S(=O)(=O)O)cc2cc(S(=O)(=O)O)ccc12. The van der Waals surface area contributed by atoms with E-state index in [0.717, 1.165) is 24.3 Å². The van der Waals surface area contributed by atoms with Crippen LogP contribution >= 0.6 is 0 Å². The Balaban J connectivity index is 2.90. The summed E-state index contributed by atoms with van der Waals surface area (Å²) in [6, 6.07) is 5.03. The van der Waals surface area contributed by atoms with Crippen molar-refractivity contribution in [1.82, 2.24) is 0 Å². The maximum atomic E-state index is 11.1. The average Bonchev–Trinajstić information content (AvgIpc) is 2.34. The van der Waals surface area contributed by atoms with Gasteiger partial charge in [-0.3, -0.25) is 9.11 Å². The molecule has 0 fully saturated rings. The van der Waals surface area contributed by atoms with Crippen LogP contribution in [0.25, 0.3) is 10.8 Å². The first kappa shape index (κ1) is 14.5. The van der Waals surface area contributed by atoms with Crippen LogP contribution in [-0.2, 0) is 20.2 Å². The summed E-state index contributed by atoms with van der Waals surface area (Å²) in [7, 11) is -9.07. The number of benzene rings is 2. The molecule has 0 aliphatic carbocycles. The van der Waals surface area contributed by atoms with Crippen molar-refractivity contribution in [2.24, 2.45) is 5.18 Å². The highest BCUT2D eigenvalue weighted by atomic mass is 32.2. The molecule has 10 heteroatoms. The third-order valence-electron chi connectivity index (χ3n) is 2.57. The van der Waals surface area contributed by atoms with Crippen molar-refractivity contribution in [2.45, 2.75) is 9.79 Å². The van der Waals surface area contributed by atoms with Crippen LogP contribution in [0.1, 0.15) is 0 Å². The quantitative estimate of drug-likeness (QED) is 0.649. The maximum absolute atomic E-state index is 11.1. The largest absolute Gasteiger partial charge is 0.294 e. The summed E-state index contributed by atoms with van der Waals surface area (Å²) in [5.41, 5.74) is -0.281. The number of rotatable bonds is 3.